The normalized spacial score (nSPS) is 15.1. The van der Waals surface area contributed by atoms with Crippen LogP contribution in [0.2, 0.25) is 5.02 Å². The predicted octanol–water partition coefficient (Wildman–Crippen LogP) is 2.98. The molecule has 0 aromatic heterocycles. The molecule has 1 aliphatic rings. The van der Waals surface area contributed by atoms with Crippen LogP contribution in [0.3, 0.4) is 0 Å². The molecular weight excluding hydrogens is 344 g/mol. The Balaban J connectivity index is 2.02. The largest absolute Gasteiger partial charge is 0.502 e. The van der Waals surface area contributed by atoms with Crippen molar-refractivity contribution in [1.29, 1.82) is 0 Å². The lowest BCUT2D eigenvalue weighted by Gasteiger charge is -2.09. The molecule has 3 rings (SSSR count). The molecule has 1 heterocycles. The zero-order chi connectivity index (χ0) is 18.0. The molecule has 0 fully saturated rings. The molecule has 1 aliphatic heterocycles. The molecule has 0 atom stereocenters. The van der Waals surface area contributed by atoms with Crippen LogP contribution in [0.5, 0.6) is 17.2 Å². The Kier molecular flexibility index (Phi) is 4.63. The molecule has 0 saturated heterocycles. The number of hydrogen-bond acceptors (Lipinski definition) is 5. The number of amides is 1. The van der Waals surface area contributed by atoms with Gasteiger partial charge in [-0.2, -0.15) is 0 Å². The number of methoxy groups -OCH3 is 2. The Hall–Kier alpha value is -2.99. The third-order valence-corrected chi connectivity index (χ3v) is 3.96. The lowest BCUT2D eigenvalue weighted by Crippen LogP contribution is -2.24. The van der Waals surface area contributed by atoms with E-state index in [1.165, 1.54) is 14.2 Å². The van der Waals surface area contributed by atoms with Gasteiger partial charge in [0.1, 0.15) is 11.5 Å². The summed E-state index contributed by atoms with van der Waals surface area (Å²) in [6.45, 7) is 0. The van der Waals surface area contributed by atoms with Gasteiger partial charge in [-0.1, -0.05) is 23.7 Å². The van der Waals surface area contributed by atoms with E-state index in [0.29, 0.717) is 22.0 Å². The molecule has 25 heavy (non-hydrogen) atoms. The number of nitrogens with zero attached hydrogens (tertiary/aromatic N) is 1. The van der Waals surface area contributed by atoms with E-state index in [9.17, 15) is 9.90 Å². The predicted molar refractivity (Wildman–Crippen MR) is 95.3 cm³/mol. The van der Waals surface area contributed by atoms with E-state index >= 15 is 0 Å². The summed E-state index contributed by atoms with van der Waals surface area (Å²) < 4.78 is 10.2. The fourth-order valence-corrected chi connectivity index (χ4v) is 2.63. The van der Waals surface area contributed by atoms with Crippen LogP contribution in [-0.2, 0) is 4.79 Å². The molecule has 2 aromatic carbocycles. The van der Waals surface area contributed by atoms with Crippen LogP contribution in [0, 0.1) is 0 Å². The Bertz CT molecular complexity index is 881. The molecule has 7 heteroatoms. The molecule has 0 radical (unpaired) electrons. The molecule has 128 valence electrons. The van der Waals surface area contributed by atoms with Crippen LogP contribution >= 0.6 is 11.6 Å². The number of hydrogen-bond donors (Lipinski definition) is 2. The van der Waals surface area contributed by atoms with Gasteiger partial charge in [-0.05, 0) is 35.9 Å². The van der Waals surface area contributed by atoms with Crippen LogP contribution in [0.25, 0.3) is 6.08 Å². The minimum Gasteiger partial charge on any atom is -0.502 e. The molecule has 0 bridgehead atoms. The molecule has 6 nitrogen and oxygen atoms in total. The summed E-state index contributed by atoms with van der Waals surface area (Å²) in [5.41, 5.74) is 1.45. The second kappa shape index (κ2) is 6.86. The molecule has 0 unspecified atom stereocenters. The van der Waals surface area contributed by atoms with Crippen molar-refractivity contribution in [3.8, 4) is 17.2 Å². The zero-order valence-electron chi connectivity index (χ0n) is 13.5. The highest BCUT2D eigenvalue weighted by molar-refractivity contribution is 6.35. The van der Waals surface area contributed by atoms with E-state index < -0.39 is 0 Å². The van der Waals surface area contributed by atoms with Crippen molar-refractivity contribution in [2.75, 3.05) is 14.2 Å². The molecule has 0 saturated carbocycles. The summed E-state index contributed by atoms with van der Waals surface area (Å²) >= 11 is 6.14. The number of amidine groups is 1. The van der Waals surface area contributed by atoms with Crippen molar-refractivity contribution in [3.63, 3.8) is 0 Å². The van der Waals surface area contributed by atoms with E-state index in [2.05, 4.69) is 10.3 Å². The first-order valence-electron chi connectivity index (χ1n) is 7.35. The number of benzene rings is 2. The number of aliphatic imine (C=N–C) groups is 1. The summed E-state index contributed by atoms with van der Waals surface area (Å²) in [4.78, 5) is 16.5. The van der Waals surface area contributed by atoms with Gasteiger partial charge >= 0.3 is 0 Å². The summed E-state index contributed by atoms with van der Waals surface area (Å²) in [5.74, 6) is 0.406. The van der Waals surface area contributed by atoms with Crippen LogP contribution in [0.1, 0.15) is 11.1 Å². The number of rotatable bonds is 4. The second-order valence-electron chi connectivity index (χ2n) is 5.20. The van der Waals surface area contributed by atoms with Crippen molar-refractivity contribution in [3.05, 3.63) is 58.2 Å². The van der Waals surface area contributed by atoms with Gasteiger partial charge in [0.15, 0.2) is 11.5 Å². The lowest BCUT2D eigenvalue weighted by molar-refractivity contribution is -0.115. The first kappa shape index (κ1) is 16.9. The van der Waals surface area contributed by atoms with Crippen LogP contribution in [0.4, 0.5) is 0 Å². The number of aromatic hydroxyl groups is 1. The third-order valence-electron chi connectivity index (χ3n) is 3.63. The highest BCUT2D eigenvalue weighted by atomic mass is 35.5. The van der Waals surface area contributed by atoms with Crippen LogP contribution in [-0.4, -0.2) is 31.1 Å². The first-order valence-corrected chi connectivity index (χ1v) is 7.73. The van der Waals surface area contributed by atoms with Gasteiger partial charge in [0.2, 0.25) is 5.75 Å². The van der Waals surface area contributed by atoms with E-state index in [4.69, 9.17) is 21.1 Å². The van der Waals surface area contributed by atoms with E-state index in [0.717, 1.165) is 0 Å². The summed E-state index contributed by atoms with van der Waals surface area (Å²) in [6.07, 6.45) is 1.57. The lowest BCUT2D eigenvalue weighted by atomic mass is 10.1. The highest BCUT2D eigenvalue weighted by Gasteiger charge is 2.23. The zero-order valence-corrected chi connectivity index (χ0v) is 14.3. The number of carbonyl (C=O) groups excluding carboxylic acids is 1. The second-order valence-corrected chi connectivity index (χ2v) is 5.61. The first-order chi connectivity index (χ1) is 12.0. The number of ether oxygens (including phenoxy) is 2. The summed E-state index contributed by atoms with van der Waals surface area (Å²) in [6, 6.07) is 10.3. The average Bonchev–Trinajstić information content (AvgIpc) is 2.97. The minimum atomic E-state index is -0.346. The number of carbonyl (C=O) groups is 1. The van der Waals surface area contributed by atoms with E-state index in [1.54, 1.807) is 36.4 Å². The Morgan fingerprint density at radius 2 is 1.80 bits per heavy atom. The molecule has 2 N–H and O–H groups in total. The van der Waals surface area contributed by atoms with Gasteiger partial charge in [-0.15, -0.1) is 0 Å². The fourth-order valence-electron chi connectivity index (χ4n) is 2.40. The Morgan fingerprint density at radius 3 is 2.40 bits per heavy atom. The van der Waals surface area contributed by atoms with E-state index in [-0.39, 0.29) is 28.9 Å². The van der Waals surface area contributed by atoms with Gasteiger partial charge in [0, 0.05) is 5.56 Å². The van der Waals surface area contributed by atoms with Crippen molar-refractivity contribution in [2.45, 2.75) is 0 Å². The summed E-state index contributed by atoms with van der Waals surface area (Å²) in [7, 11) is 2.86. The molecule has 0 spiro atoms. The maximum atomic E-state index is 12.2. The monoisotopic (exact) mass is 358 g/mol. The van der Waals surface area contributed by atoms with Gasteiger partial charge in [-0.25, -0.2) is 4.99 Å². The van der Waals surface area contributed by atoms with Crippen molar-refractivity contribution < 1.29 is 19.4 Å². The fraction of sp³-hybridized carbons (Fsp3) is 0.111. The maximum Gasteiger partial charge on any atom is 0.275 e. The van der Waals surface area contributed by atoms with Crippen molar-refractivity contribution in [1.82, 2.24) is 5.32 Å². The van der Waals surface area contributed by atoms with E-state index in [1.807, 2.05) is 6.07 Å². The number of nitrogens with one attached hydrogen (secondary N) is 1. The molecule has 2 aromatic rings. The average molecular weight is 359 g/mol. The van der Waals surface area contributed by atoms with Crippen molar-refractivity contribution in [2.24, 2.45) is 4.99 Å². The van der Waals surface area contributed by atoms with Crippen LogP contribution in [0.15, 0.2) is 47.1 Å². The summed E-state index contributed by atoms with van der Waals surface area (Å²) in [5, 5.41) is 13.1. The molecular formula is C18H15ClN2O4. The molecule has 0 aliphatic carbocycles. The third kappa shape index (κ3) is 3.29. The quantitative estimate of drug-likeness (QED) is 0.823. The number of phenolic OH excluding ortho intramolecular Hbond substituents is 1. The highest BCUT2D eigenvalue weighted by Crippen LogP contribution is 2.37. The topological polar surface area (TPSA) is 80.2 Å². The standard InChI is InChI=1S/C18H15ClN2O4/c1-24-14-8-10(9-15(25-2)16(14)22)7-13-18(23)21-17(20-13)11-5-3-4-6-12(11)19/h3-9,22H,1-2H3,(H,20,21,23). The number of halogens is 1. The molecule has 1 amide bonds. The van der Waals surface area contributed by atoms with Crippen molar-refractivity contribution >= 4 is 29.4 Å². The smallest absolute Gasteiger partial charge is 0.275 e. The minimum absolute atomic E-state index is 0.108. The maximum absolute atomic E-state index is 12.2. The van der Waals surface area contributed by atoms with Gasteiger partial charge < -0.3 is 19.9 Å². The Labute approximate surface area is 149 Å². The number of phenols is 1. The van der Waals surface area contributed by atoms with Crippen LogP contribution < -0.4 is 14.8 Å². The van der Waals surface area contributed by atoms with Gasteiger partial charge in [-0.3, -0.25) is 4.79 Å². The Morgan fingerprint density at radius 1 is 1.16 bits per heavy atom. The SMILES string of the molecule is COc1cc(C=C2N=C(c3ccccc3Cl)NC2=O)cc(OC)c1O. The van der Waals surface area contributed by atoms with Gasteiger partial charge in [0.05, 0.1) is 19.2 Å². The van der Waals surface area contributed by atoms with Gasteiger partial charge in [0.25, 0.3) is 5.91 Å².